The fraction of sp³-hybridized carbons (Fsp3) is 0.235. The Kier molecular flexibility index (Phi) is 3.53. The molecule has 0 amide bonds. The van der Waals surface area contributed by atoms with Gasteiger partial charge >= 0.3 is 0 Å². The molecule has 2 unspecified atom stereocenters. The van der Waals surface area contributed by atoms with Crippen molar-refractivity contribution in [1.29, 1.82) is 0 Å². The third-order valence-corrected chi connectivity index (χ3v) is 4.83. The summed E-state index contributed by atoms with van der Waals surface area (Å²) in [5.74, 6) is 0. The molecule has 2 aromatic carbocycles. The van der Waals surface area contributed by atoms with Crippen molar-refractivity contribution < 1.29 is 0 Å². The van der Waals surface area contributed by atoms with Crippen LogP contribution in [0.4, 0.5) is 0 Å². The summed E-state index contributed by atoms with van der Waals surface area (Å²) in [6.07, 6.45) is 0.965. The van der Waals surface area contributed by atoms with Crippen LogP contribution in [0.25, 0.3) is 0 Å². The van der Waals surface area contributed by atoms with Crippen LogP contribution in [0.1, 0.15) is 29.7 Å². The molecule has 102 valence electrons. The van der Waals surface area contributed by atoms with Crippen molar-refractivity contribution in [2.24, 2.45) is 10.7 Å². The van der Waals surface area contributed by atoms with Gasteiger partial charge in [-0.05, 0) is 24.5 Å². The van der Waals surface area contributed by atoms with E-state index < -0.39 is 0 Å². The van der Waals surface area contributed by atoms with Crippen molar-refractivity contribution in [2.45, 2.75) is 24.1 Å². The number of rotatable bonds is 2. The van der Waals surface area contributed by atoms with Gasteiger partial charge in [0, 0.05) is 5.25 Å². The van der Waals surface area contributed by atoms with Crippen molar-refractivity contribution in [3.63, 3.8) is 0 Å². The molecule has 0 bridgehead atoms. The smallest absolute Gasteiger partial charge is 0.155 e. The van der Waals surface area contributed by atoms with Crippen LogP contribution in [0, 0.1) is 0 Å². The summed E-state index contributed by atoms with van der Waals surface area (Å²) in [5.41, 5.74) is 8.39. The number of nitrogens with zero attached hydrogens (tertiary/aromatic N) is 1. The molecular formula is C17H18N2S. The topological polar surface area (TPSA) is 38.4 Å². The fourth-order valence-electron chi connectivity index (χ4n) is 2.70. The van der Waals surface area contributed by atoms with Crippen LogP contribution >= 0.6 is 11.8 Å². The highest BCUT2D eigenvalue weighted by molar-refractivity contribution is 8.14. The monoisotopic (exact) mass is 282 g/mol. The number of hydrogen-bond acceptors (Lipinski definition) is 3. The largest absolute Gasteiger partial charge is 0.378 e. The van der Waals surface area contributed by atoms with E-state index in [0.29, 0.717) is 10.4 Å². The molecule has 0 aromatic heterocycles. The van der Waals surface area contributed by atoms with Gasteiger partial charge in [0.25, 0.3) is 0 Å². The Morgan fingerprint density at radius 3 is 2.30 bits per heavy atom. The van der Waals surface area contributed by atoms with Crippen LogP contribution in [-0.4, -0.2) is 5.17 Å². The summed E-state index contributed by atoms with van der Waals surface area (Å²) in [6, 6.07) is 21.0. The first kappa shape index (κ1) is 13.3. The maximum atomic E-state index is 6.09. The van der Waals surface area contributed by atoms with Gasteiger partial charge in [-0.2, -0.15) is 0 Å². The van der Waals surface area contributed by atoms with Crippen molar-refractivity contribution in [3.8, 4) is 0 Å². The molecule has 20 heavy (non-hydrogen) atoms. The van der Waals surface area contributed by atoms with E-state index in [1.165, 1.54) is 11.1 Å². The Labute approximate surface area is 124 Å². The predicted molar refractivity (Wildman–Crippen MR) is 86.8 cm³/mol. The molecule has 2 aromatic rings. The Morgan fingerprint density at radius 2 is 1.65 bits per heavy atom. The Morgan fingerprint density at radius 1 is 1.05 bits per heavy atom. The highest BCUT2D eigenvalue weighted by Gasteiger charge is 2.35. The SMILES string of the molecule is CC1(c2ccccc2)CC(c2ccccc2)SC(N)=N1. The zero-order valence-corrected chi connectivity index (χ0v) is 12.3. The second-order valence-electron chi connectivity index (χ2n) is 5.31. The number of thioether (sulfide) groups is 1. The molecule has 1 aliphatic rings. The summed E-state index contributed by atoms with van der Waals surface area (Å²) in [5, 5.41) is 1.04. The van der Waals surface area contributed by atoms with Crippen LogP contribution < -0.4 is 5.73 Å². The molecule has 0 saturated heterocycles. The quantitative estimate of drug-likeness (QED) is 0.900. The van der Waals surface area contributed by atoms with Crippen molar-refractivity contribution >= 4 is 16.9 Å². The highest BCUT2D eigenvalue weighted by Crippen LogP contribution is 2.46. The lowest BCUT2D eigenvalue weighted by Gasteiger charge is -2.34. The Hall–Kier alpha value is -1.74. The number of hydrogen-bond donors (Lipinski definition) is 1. The first-order chi connectivity index (χ1) is 9.67. The van der Waals surface area contributed by atoms with E-state index in [2.05, 4.69) is 55.5 Å². The number of benzene rings is 2. The summed E-state index contributed by atoms with van der Waals surface area (Å²) in [7, 11) is 0. The second-order valence-corrected chi connectivity index (χ2v) is 6.53. The van der Waals surface area contributed by atoms with Crippen LogP contribution in [0.5, 0.6) is 0 Å². The molecular weight excluding hydrogens is 264 g/mol. The van der Waals surface area contributed by atoms with Gasteiger partial charge in [-0.1, -0.05) is 72.4 Å². The molecule has 2 N–H and O–H groups in total. The fourth-order valence-corrected chi connectivity index (χ4v) is 3.94. The summed E-state index contributed by atoms with van der Waals surface area (Å²) < 4.78 is 0. The van der Waals surface area contributed by atoms with Gasteiger partial charge in [0.1, 0.15) is 0 Å². The van der Waals surface area contributed by atoms with Crippen LogP contribution in [-0.2, 0) is 5.54 Å². The molecule has 0 saturated carbocycles. The van der Waals surface area contributed by atoms with Gasteiger partial charge in [-0.15, -0.1) is 0 Å². The van der Waals surface area contributed by atoms with Gasteiger partial charge in [0.05, 0.1) is 5.54 Å². The molecule has 3 heteroatoms. The second kappa shape index (κ2) is 5.33. The van der Waals surface area contributed by atoms with Gasteiger partial charge < -0.3 is 5.73 Å². The normalized spacial score (nSPS) is 26.1. The maximum Gasteiger partial charge on any atom is 0.155 e. The summed E-state index contributed by atoms with van der Waals surface area (Å²) >= 11 is 1.66. The van der Waals surface area contributed by atoms with Gasteiger partial charge in [0.15, 0.2) is 5.17 Å². The van der Waals surface area contributed by atoms with Crippen LogP contribution in [0.15, 0.2) is 65.7 Å². The lowest BCUT2D eigenvalue weighted by atomic mass is 9.86. The van der Waals surface area contributed by atoms with E-state index in [9.17, 15) is 0 Å². The van der Waals surface area contributed by atoms with E-state index in [1.807, 2.05) is 12.1 Å². The molecule has 1 aliphatic heterocycles. The minimum atomic E-state index is -0.239. The van der Waals surface area contributed by atoms with E-state index in [0.717, 1.165) is 6.42 Å². The third-order valence-electron chi connectivity index (χ3n) is 3.77. The number of aliphatic imine (C=N–C) groups is 1. The van der Waals surface area contributed by atoms with Crippen LogP contribution in [0.3, 0.4) is 0 Å². The molecule has 0 aliphatic carbocycles. The van der Waals surface area contributed by atoms with Crippen molar-refractivity contribution in [3.05, 3.63) is 71.8 Å². The van der Waals surface area contributed by atoms with Gasteiger partial charge in [0.2, 0.25) is 0 Å². The van der Waals surface area contributed by atoms with E-state index in [4.69, 9.17) is 10.7 Å². The van der Waals surface area contributed by atoms with E-state index >= 15 is 0 Å². The predicted octanol–water partition coefficient (Wildman–Crippen LogP) is 4.09. The lowest BCUT2D eigenvalue weighted by Crippen LogP contribution is -2.30. The molecule has 0 fully saturated rings. The van der Waals surface area contributed by atoms with Gasteiger partial charge in [-0.25, -0.2) is 0 Å². The standard InChI is InChI=1S/C17H18N2S/c1-17(14-10-6-3-7-11-14)12-15(20-16(18)19-17)13-8-4-2-5-9-13/h2-11,15H,12H2,1H3,(H2,18,19). The molecule has 3 rings (SSSR count). The molecule has 2 nitrogen and oxygen atoms in total. The van der Waals surface area contributed by atoms with Crippen LogP contribution in [0.2, 0.25) is 0 Å². The van der Waals surface area contributed by atoms with E-state index in [-0.39, 0.29) is 5.54 Å². The minimum Gasteiger partial charge on any atom is -0.378 e. The summed E-state index contributed by atoms with van der Waals surface area (Å²) in [6.45, 7) is 2.17. The molecule has 0 radical (unpaired) electrons. The number of nitrogens with two attached hydrogens (primary N) is 1. The average Bonchev–Trinajstić information content (AvgIpc) is 2.48. The minimum absolute atomic E-state index is 0.239. The van der Waals surface area contributed by atoms with E-state index in [1.54, 1.807) is 11.8 Å². The van der Waals surface area contributed by atoms with Gasteiger partial charge in [-0.3, -0.25) is 4.99 Å². The zero-order valence-electron chi connectivity index (χ0n) is 11.5. The summed E-state index contributed by atoms with van der Waals surface area (Å²) in [4.78, 5) is 4.72. The highest BCUT2D eigenvalue weighted by atomic mass is 32.2. The Balaban J connectivity index is 1.96. The zero-order chi connectivity index (χ0) is 14.0. The molecule has 0 spiro atoms. The average molecular weight is 282 g/mol. The Bertz CT molecular complexity index is 609. The maximum absolute atomic E-state index is 6.09. The first-order valence-electron chi connectivity index (χ1n) is 6.80. The molecule has 2 atom stereocenters. The first-order valence-corrected chi connectivity index (χ1v) is 7.68. The lowest BCUT2D eigenvalue weighted by molar-refractivity contribution is 0.448. The van der Waals surface area contributed by atoms with Crippen molar-refractivity contribution in [1.82, 2.24) is 0 Å². The number of amidine groups is 1. The third kappa shape index (κ3) is 2.59. The van der Waals surface area contributed by atoms with Crippen molar-refractivity contribution in [2.75, 3.05) is 0 Å². The molecule has 1 heterocycles.